The quantitative estimate of drug-likeness (QED) is 0.574. The standard InChI is InChI=1S/C24H23N3OS/c1-3-21-27-22(18-11-7-8-16(2)14-18)23(29-21)19-12-13-25-20(15-19)26-24(28)17-9-5-4-6-10-17/h5,7-15H,3-4,6H2,1-2H3,(H,25,26,28). The summed E-state index contributed by atoms with van der Waals surface area (Å²) in [5.41, 5.74) is 5.00. The Kier molecular flexibility index (Phi) is 5.67. The highest BCUT2D eigenvalue weighted by molar-refractivity contribution is 7.15. The van der Waals surface area contributed by atoms with E-state index in [1.165, 1.54) is 5.56 Å². The maximum atomic E-state index is 12.5. The lowest BCUT2D eigenvalue weighted by molar-refractivity contribution is -0.112. The summed E-state index contributed by atoms with van der Waals surface area (Å²) in [5, 5.41) is 4.02. The zero-order valence-corrected chi connectivity index (χ0v) is 17.4. The second kappa shape index (κ2) is 8.53. The zero-order chi connectivity index (χ0) is 20.2. The fourth-order valence-electron chi connectivity index (χ4n) is 3.31. The number of carbonyl (C=O) groups excluding carboxylic acids is 1. The highest BCUT2D eigenvalue weighted by Gasteiger charge is 2.16. The number of pyridine rings is 1. The minimum atomic E-state index is -0.122. The first kappa shape index (κ1) is 19.3. The van der Waals surface area contributed by atoms with Gasteiger partial charge in [-0.2, -0.15) is 0 Å². The third-order valence-corrected chi connectivity index (χ3v) is 6.04. The maximum absolute atomic E-state index is 12.5. The third-order valence-electron chi connectivity index (χ3n) is 4.79. The number of nitrogens with one attached hydrogen (secondary N) is 1. The molecule has 0 saturated carbocycles. The second-order valence-corrected chi connectivity index (χ2v) is 8.12. The van der Waals surface area contributed by atoms with E-state index in [0.29, 0.717) is 11.4 Å². The monoisotopic (exact) mass is 401 g/mol. The largest absolute Gasteiger partial charge is 0.307 e. The van der Waals surface area contributed by atoms with E-state index in [1.807, 2.05) is 30.4 Å². The lowest BCUT2D eigenvalue weighted by atomic mass is 10.1. The van der Waals surface area contributed by atoms with E-state index in [-0.39, 0.29) is 5.91 Å². The molecule has 1 amide bonds. The first-order valence-electron chi connectivity index (χ1n) is 9.85. The number of nitrogens with zero attached hydrogens (tertiary/aromatic N) is 2. The van der Waals surface area contributed by atoms with Crippen molar-refractivity contribution >= 4 is 23.1 Å². The molecule has 0 atom stereocenters. The molecule has 2 aromatic heterocycles. The van der Waals surface area contributed by atoms with E-state index in [9.17, 15) is 4.79 Å². The van der Waals surface area contributed by atoms with Crippen molar-refractivity contribution in [1.29, 1.82) is 0 Å². The Bertz CT molecular complexity index is 1110. The van der Waals surface area contributed by atoms with E-state index in [4.69, 9.17) is 4.98 Å². The average molecular weight is 402 g/mol. The Hall–Kier alpha value is -3.05. The van der Waals surface area contributed by atoms with Crippen molar-refractivity contribution in [1.82, 2.24) is 9.97 Å². The van der Waals surface area contributed by atoms with Crippen LogP contribution < -0.4 is 5.32 Å². The summed E-state index contributed by atoms with van der Waals surface area (Å²) in [4.78, 5) is 22.8. The smallest absolute Gasteiger partial charge is 0.256 e. The lowest BCUT2D eigenvalue weighted by Crippen LogP contribution is -2.15. The summed E-state index contributed by atoms with van der Waals surface area (Å²) >= 11 is 1.69. The molecule has 1 aliphatic carbocycles. The van der Waals surface area contributed by atoms with Gasteiger partial charge in [-0.3, -0.25) is 4.79 Å². The van der Waals surface area contributed by atoms with Crippen LogP contribution in [0.1, 0.15) is 30.3 Å². The zero-order valence-electron chi connectivity index (χ0n) is 16.6. The minimum absolute atomic E-state index is 0.122. The molecule has 1 aliphatic rings. The molecule has 5 heteroatoms. The second-order valence-electron chi connectivity index (χ2n) is 7.03. The van der Waals surface area contributed by atoms with Crippen molar-refractivity contribution in [3.63, 3.8) is 0 Å². The summed E-state index contributed by atoms with van der Waals surface area (Å²) in [6.45, 7) is 4.21. The number of aryl methyl sites for hydroxylation is 2. The summed E-state index contributed by atoms with van der Waals surface area (Å²) in [6, 6.07) is 12.3. The van der Waals surface area contributed by atoms with E-state index in [0.717, 1.165) is 46.0 Å². The van der Waals surface area contributed by atoms with Crippen LogP contribution in [0.2, 0.25) is 0 Å². The number of hydrogen-bond acceptors (Lipinski definition) is 4. The molecule has 0 aliphatic heterocycles. The van der Waals surface area contributed by atoms with Crippen LogP contribution in [0.4, 0.5) is 5.82 Å². The maximum Gasteiger partial charge on any atom is 0.256 e. The topological polar surface area (TPSA) is 54.9 Å². The van der Waals surface area contributed by atoms with Crippen LogP contribution in [0.15, 0.2) is 66.4 Å². The number of aromatic nitrogens is 2. The van der Waals surface area contributed by atoms with Crippen molar-refractivity contribution in [3.8, 4) is 21.7 Å². The normalized spacial score (nSPS) is 13.2. The Morgan fingerprint density at radius 3 is 2.83 bits per heavy atom. The SMILES string of the molecule is CCc1nc(-c2cccc(C)c2)c(-c2ccnc(NC(=O)C3=CCCC=C3)c2)s1. The summed E-state index contributed by atoms with van der Waals surface area (Å²) in [7, 11) is 0. The number of benzene rings is 1. The molecule has 1 N–H and O–H groups in total. The van der Waals surface area contributed by atoms with Gasteiger partial charge in [-0.15, -0.1) is 11.3 Å². The molecule has 2 heterocycles. The van der Waals surface area contributed by atoms with Crippen LogP contribution in [0.25, 0.3) is 21.7 Å². The molecule has 29 heavy (non-hydrogen) atoms. The molecule has 3 aromatic rings. The van der Waals surface area contributed by atoms with Crippen LogP contribution in [0.5, 0.6) is 0 Å². The molecule has 0 bridgehead atoms. The number of anilines is 1. The third kappa shape index (κ3) is 4.35. The van der Waals surface area contributed by atoms with Gasteiger partial charge >= 0.3 is 0 Å². The van der Waals surface area contributed by atoms with Gasteiger partial charge in [0.2, 0.25) is 0 Å². The van der Waals surface area contributed by atoms with Crippen LogP contribution in [0, 0.1) is 6.92 Å². The van der Waals surface area contributed by atoms with E-state index >= 15 is 0 Å². The van der Waals surface area contributed by atoms with Gasteiger partial charge in [0, 0.05) is 17.3 Å². The van der Waals surface area contributed by atoms with Gasteiger partial charge in [0.25, 0.3) is 5.91 Å². The lowest BCUT2D eigenvalue weighted by Gasteiger charge is -2.09. The summed E-state index contributed by atoms with van der Waals surface area (Å²) in [6.07, 6.45) is 10.4. The number of allylic oxidation sites excluding steroid dienone is 2. The molecule has 0 unspecified atom stereocenters. The minimum Gasteiger partial charge on any atom is -0.307 e. The molecule has 0 saturated heterocycles. The Morgan fingerprint density at radius 2 is 2.07 bits per heavy atom. The molecule has 4 rings (SSSR count). The van der Waals surface area contributed by atoms with E-state index in [2.05, 4.69) is 48.4 Å². The van der Waals surface area contributed by atoms with Crippen molar-refractivity contribution < 1.29 is 4.79 Å². The van der Waals surface area contributed by atoms with Crippen molar-refractivity contribution in [2.45, 2.75) is 33.1 Å². The number of hydrogen-bond donors (Lipinski definition) is 1. The van der Waals surface area contributed by atoms with E-state index < -0.39 is 0 Å². The predicted molar refractivity (Wildman–Crippen MR) is 120 cm³/mol. The first-order chi connectivity index (χ1) is 14.1. The van der Waals surface area contributed by atoms with E-state index in [1.54, 1.807) is 17.5 Å². The Morgan fingerprint density at radius 1 is 1.17 bits per heavy atom. The van der Waals surface area contributed by atoms with Crippen LogP contribution >= 0.6 is 11.3 Å². The molecular weight excluding hydrogens is 378 g/mol. The van der Waals surface area contributed by atoms with Crippen LogP contribution in [-0.4, -0.2) is 15.9 Å². The summed E-state index contributed by atoms with van der Waals surface area (Å²) in [5.74, 6) is 0.428. The Balaban J connectivity index is 1.68. The fraction of sp³-hybridized carbons (Fsp3) is 0.208. The highest BCUT2D eigenvalue weighted by atomic mass is 32.1. The van der Waals surface area contributed by atoms with Crippen LogP contribution in [0.3, 0.4) is 0 Å². The first-order valence-corrected chi connectivity index (χ1v) is 10.7. The van der Waals surface area contributed by atoms with Gasteiger partial charge in [0.15, 0.2) is 0 Å². The number of amides is 1. The van der Waals surface area contributed by atoms with Crippen molar-refractivity contribution in [2.75, 3.05) is 5.32 Å². The Labute approximate surface area is 175 Å². The molecule has 4 nitrogen and oxygen atoms in total. The molecular formula is C24H23N3OS. The van der Waals surface area contributed by atoms with Gasteiger partial charge < -0.3 is 5.32 Å². The average Bonchev–Trinajstić information content (AvgIpc) is 3.19. The molecule has 0 fully saturated rings. The molecule has 0 radical (unpaired) electrons. The molecule has 0 spiro atoms. The number of rotatable bonds is 5. The fourth-order valence-corrected chi connectivity index (χ4v) is 4.33. The molecule has 1 aromatic carbocycles. The highest BCUT2D eigenvalue weighted by Crippen LogP contribution is 2.37. The number of thiazole rings is 1. The van der Waals surface area contributed by atoms with Crippen molar-refractivity contribution in [2.24, 2.45) is 0 Å². The van der Waals surface area contributed by atoms with Gasteiger partial charge in [-0.1, -0.05) is 48.9 Å². The van der Waals surface area contributed by atoms with Crippen molar-refractivity contribution in [3.05, 3.63) is 77.0 Å². The van der Waals surface area contributed by atoms with Gasteiger partial charge in [-0.05, 0) is 49.9 Å². The predicted octanol–water partition coefficient (Wildman–Crippen LogP) is 5.96. The molecule has 146 valence electrons. The van der Waals surface area contributed by atoms with Gasteiger partial charge in [0.1, 0.15) is 5.82 Å². The van der Waals surface area contributed by atoms with Gasteiger partial charge in [0.05, 0.1) is 15.6 Å². The van der Waals surface area contributed by atoms with Gasteiger partial charge in [-0.25, -0.2) is 9.97 Å². The summed E-state index contributed by atoms with van der Waals surface area (Å²) < 4.78 is 0. The number of carbonyl (C=O) groups is 1. The van der Waals surface area contributed by atoms with Crippen LogP contribution in [-0.2, 0) is 11.2 Å².